The van der Waals surface area contributed by atoms with E-state index in [0.717, 1.165) is 44.3 Å². The zero-order valence-corrected chi connectivity index (χ0v) is 15.4. The van der Waals surface area contributed by atoms with E-state index in [2.05, 4.69) is 13.0 Å². The molecule has 0 aromatic heterocycles. The van der Waals surface area contributed by atoms with Crippen molar-refractivity contribution in [1.29, 1.82) is 5.26 Å². The van der Waals surface area contributed by atoms with E-state index in [1.54, 1.807) is 31.4 Å². The fourth-order valence-electron chi connectivity index (χ4n) is 3.52. The van der Waals surface area contributed by atoms with Crippen LogP contribution in [0.4, 0.5) is 0 Å². The quantitative estimate of drug-likeness (QED) is 0.476. The van der Waals surface area contributed by atoms with E-state index < -0.39 is 0 Å². The number of hydrogen-bond acceptors (Lipinski definition) is 4. The Balaban J connectivity index is 1.82. The van der Waals surface area contributed by atoms with Crippen LogP contribution in [0.1, 0.15) is 75.1 Å². The fourth-order valence-corrected chi connectivity index (χ4v) is 3.52. The Hall–Kier alpha value is -2.02. The minimum absolute atomic E-state index is 0.0771. The van der Waals surface area contributed by atoms with Gasteiger partial charge in [0, 0.05) is 0 Å². The predicted molar refractivity (Wildman–Crippen MR) is 97.5 cm³/mol. The van der Waals surface area contributed by atoms with Gasteiger partial charge in [-0.2, -0.15) is 5.26 Å². The summed E-state index contributed by atoms with van der Waals surface area (Å²) in [6, 6.07) is 9.51. The first-order chi connectivity index (χ1) is 12.1. The van der Waals surface area contributed by atoms with Crippen LogP contribution in [-0.4, -0.2) is 19.2 Å². The summed E-state index contributed by atoms with van der Waals surface area (Å²) >= 11 is 0. The molecule has 0 saturated heterocycles. The van der Waals surface area contributed by atoms with E-state index in [4.69, 9.17) is 9.47 Å². The normalized spacial score (nSPS) is 22.8. The van der Waals surface area contributed by atoms with Crippen LogP contribution in [0.5, 0.6) is 5.75 Å². The number of carbonyl (C=O) groups excluding carboxylic acids is 1. The third-order valence-corrected chi connectivity index (χ3v) is 5.24. The summed E-state index contributed by atoms with van der Waals surface area (Å²) in [5.74, 6) is 0.427. The van der Waals surface area contributed by atoms with Crippen molar-refractivity contribution in [3.05, 3.63) is 29.8 Å². The number of ether oxygens (including phenoxy) is 2. The smallest absolute Gasteiger partial charge is 0.338 e. The summed E-state index contributed by atoms with van der Waals surface area (Å²) in [7, 11) is 1.60. The van der Waals surface area contributed by atoms with Crippen LogP contribution >= 0.6 is 0 Å². The molecule has 0 radical (unpaired) electrons. The van der Waals surface area contributed by atoms with Crippen LogP contribution in [0.15, 0.2) is 24.3 Å². The molecule has 0 aliphatic heterocycles. The number of rotatable bonds is 8. The zero-order chi connectivity index (χ0) is 18.1. The molecule has 1 aromatic carbocycles. The Labute approximate surface area is 151 Å². The van der Waals surface area contributed by atoms with E-state index >= 15 is 0 Å². The fraction of sp³-hybridized carbons (Fsp3) is 0.619. The summed E-state index contributed by atoms with van der Waals surface area (Å²) in [6.07, 6.45) is 8.90. The first-order valence-corrected chi connectivity index (χ1v) is 9.39. The molecule has 25 heavy (non-hydrogen) atoms. The number of unbranched alkanes of at least 4 members (excludes halogenated alkanes) is 3. The van der Waals surface area contributed by atoms with Crippen LogP contribution in [0.2, 0.25) is 0 Å². The van der Waals surface area contributed by atoms with Gasteiger partial charge in [0.05, 0.1) is 24.2 Å². The van der Waals surface area contributed by atoms with E-state index in [-0.39, 0.29) is 17.5 Å². The largest absolute Gasteiger partial charge is 0.497 e. The predicted octanol–water partition coefficient (Wildman–Crippen LogP) is 5.27. The van der Waals surface area contributed by atoms with Crippen molar-refractivity contribution >= 4 is 5.97 Å². The van der Waals surface area contributed by atoms with Crippen LogP contribution < -0.4 is 4.74 Å². The van der Waals surface area contributed by atoms with Crippen LogP contribution in [0.25, 0.3) is 0 Å². The molecule has 4 heteroatoms. The molecule has 0 spiro atoms. The molecule has 1 saturated carbocycles. The third kappa shape index (κ3) is 5.49. The number of methoxy groups -OCH3 is 1. The number of nitriles is 1. The number of hydrogen-bond donors (Lipinski definition) is 0. The molecule has 0 atom stereocenters. The first-order valence-electron chi connectivity index (χ1n) is 9.39. The van der Waals surface area contributed by atoms with Gasteiger partial charge in [-0.25, -0.2) is 4.79 Å². The molecule has 1 aliphatic carbocycles. The molecule has 1 aliphatic rings. The maximum Gasteiger partial charge on any atom is 0.338 e. The second-order valence-electron chi connectivity index (χ2n) is 7.04. The third-order valence-electron chi connectivity index (χ3n) is 5.24. The van der Waals surface area contributed by atoms with Gasteiger partial charge >= 0.3 is 5.97 Å². The van der Waals surface area contributed by atoms with Crippen molar-refractivity contribution < 1.29 is 14.3 Å². The molecule has 0 heterocycles. The minimum Gasteiger partial charge on any atom is -0.497 e. The minimum atomic E-state index is -0.292. The van der Waals surface area contributed by atoms with Gasteiger partial charge < -0.3 is 9.47 Å². The Morgan fingerprint density at radius 2 is 1.88 bits per heavy atom. The Morgan fingerprint density at radius 3 is 2.44 bits per heavy atom. The lowest BCUT2D eigenvalue weighted by atomic mass is 9.71. The highest BCUT2D eigenvalue weighted by Gasteiger charge is 2.36. The summed E-state index contributed by atoms with van der Waals surface area (Å²) in [4.78, 5) is 12.3. The van der Waals surface area contributed by atoms with Crippen molar-refractivity contribution in [3.8, 4) is 11.8 Å². The van der Waals surface area contributed by atoms with Crippen LogP contribution in [-0.2, 0) is 4.74 Å². The van der Waals surface area contributed by atoms with Crippen molar-refractivity contribution in [2.45, 2.75) is 70.8 Å². The highest BCUT2D eigenvalue weighted by atomic mass is 16.5. The van der Waals surface area contributed by atoms with Gasteiger partial charge in [0.25, 0.3) is 0 Å². The first kappa shape index (κ1) is 19.3. The van der Waals surface area contributed by atoms with Gasteiger partial charge in [-0.1, -0.05) is 32.6 Å². The van der Waals surface area contributed by atoms with Gasteiger partial charge in [0.2, 0.25) is 0 Å². The van der Waals surface area contributed by atoms with Gasteiger partial charge in [-0.05, 0) is 56.4 Å². The lowest BCUT2D eigenvalue weighted by molar-refractivity contribution is 0.0105. The maximum absolute atomic E-state index is 12.3. The van der Waals surface area contributed by atoms with E-state index in [0.29, 0.717) is 5.56 Å². The van der Waals surface area contributed by atoms with Crippen molar-refractivity contribution in [3.63, 3.8) is 0 Å². The van der Waals surface area contributed by atoms with Crippen molar-refractivity contribution in [1.82, 2.24) is 0 Å². The number of carbonyl (C=O) groups is 1. The van der Waals surface area contributed by atoms with Crippen molar-refractivity contribution in [2.75, 3.05) is 7.11 Å². The molecule has 1 aromatic rings. The van der Waals surface area contributed by atoms with E-state index in [1.807, 2.05) is 0 Å². The highest BCUT2D eigenvalue weighted by Crippen LogP contribution is 2.41. The molecule has 0 N–H and O–H groups in total. The summed E-state index contributed by atoms with van der Waals surface area (Å²) < 4.78 is 10.7. The van der Waals surface area contributed by atoms with Crippen molar-refractivity contribution in [2.24, 2.45) is 5.41 Å². The summed E-state index contributed by atoms with van der Waals surface area (Å²) in [5.41, 5.74) is 0.328. The highest BCUT2D eigenvalue weighted by molar-refractivity contribution is 5.89. The molecular formula is C21H29NO3. The Bertz CT molecular complexity index is 580. The summed E-state index contributed by atoms with van der Waals surface area (Å²) in [5, 5.41) is 9.62. The Morgan fingerprint density at radius 1 is 1.20 bits per heavy atom. The summed E-state index contributed by atoms with van der Waals surface area (Å²) in [6.45, 7) is 2.20. The molecule has 136 valence electrons. The standard InChI is InChI=1S/C21H29NO3/c1-3-4-5-6-13-21(16-22)14-11-19(12-15-21)25-20(23)17-7-9-18(24-2)10-8-17/h7-10,19H,3-6,11-15H2,1-2H3/t19-,21+. The number of nitrogens with zero attached hydrogens (tertiary/aromatic N) is 1. The molecular weight excluding hydrogens is 314 g/mol. The van der Waals surface area contributed by atoms with E-state index in [9.17, 15) is 10.1 Å². The van der Waals surface area contributed by atoms with Crippen LogP contribution in [0, 0.1) is 16.7 Å². The van der Waals surface area contributed by atoms with E-state index in [1.165, 1.54) is 19.3 Å². The average molecular weight is 343 g/mol. The molecule has 0 unspecified atom stereocenters. The number of benzene rings is 1. The topological polar surface area (TPSA) is 59.3 Å². The molecule has 2 rings (SSSR count). The van der Waals surface area contributed by atoms with Gasteiger partial charge in [0.15, 0.2) is 0 Å². The molecule has 0 bridgehead atoms. The number of esters is 1. The van der Waals surface area contributed by atoms with Gasteiger partial charge in [-0.3, -0.25) is 0 Å². The second-order valence-corrected chi connectivity index (χ2v) is 7.04. The van der Waals surface area contributed by atoms with Crippen LogP contribution in [0.3, 0.4) is 0 Å². The second kappa shape index (κ2) is 9.46. The maximum atomic E-state index is 12.3. The lowest BCUT2D eigenvalue weighted by Crippen LogP contribution is -2.31. The lowest BCUT2D eigenvalue weighted by Gasteiger charge is -2.34. The van der Waals surface area contributed by atoms with Gasteiger partial charge in [-0.15, -0.1) is 0 Å². The average Bonchev–Trinajstić information content (AvgIpc) is 2.67. The zero-order valence-electron chi connectivity index (χ0n) is 15.4. The van der Waals surface area contributed by atoms with Gasteiger partial charge in [0.1, 0.15) is 11.9 Å². The Kier molecular flexibility index (Phi) is 7.31. The molecule has 4 nitrogen and oxygen atoms in total. The SMILES string of the molecule is CCCCCC[C@]1(C#N)CC[C@@H](OC(=O)c2ccc(OC)cc2)CC1. The monoisotopic (exact) mass is 343 g/mol. The molecule has 0 amide bonds. The molecule has 1 fully saturated rings.